The number of benzene rings is 4. The van der Waals surface area contributed by atoms with Crippen molar-refractivity contribution in [2.45, 2.75) is 0 Å². The molecule has 0 spiro atoms. The van der Waals surface area contributed by atoms with Gasteiger partial charge in [-0.1, -0.05) is 103 Å². The Bertz CT molecular complexity index is 1490. The van der Waals surface area contributed by atoms with Gasteiger partial charge in [0.15, 0.2) is 5.82 Å². The minimum atomic E-state index is 0.687. The van der Waals surface area contributed by atoms with Crippen LogP contribution in [0.25, 0.3) is 44.5 Å². The van der Waals surface area contributed by atoms with Crippen LogP contribution >= 0.6 is 0 Å². The predicted molar refractivity (Wildman–Crippen MR) is 154 cm³/mol. The third kappa shape index (κ3) is 4.71. The van der Waals surface area contributed by atoms with Crippen molar-refractivity contribution in [3.63, 3.8) is 0 Å². The van der Waals surface area contributed by atoms with Crippen molar-refractivity contribution in [3.8, 4) is 33.8 Å². The Morgan fingerprint density at radius 1 is 0.649 bits per heavy atom. The fourth-order valence-corrected chi connectivity index (χ4v) is 5.26. The van der Waals surface area contributed by atoms with Gasteiger partial charge in [-0.05, 0) is 16.3 Å². The number of fused-ring (bicyclic) bond motifs is 1. The first-order chi connectivity index (χ1) is 18.3. The van der Waals surface area contributed by atoms with Gasteiger partial charge in [0.05, 0.1) is 11.3 Å². The van der Waals surface area contributed by atoms with Gasteiger partial charge in [-0.3, -0.25) is 4.90 Å². The number of rotatable bonds is 6. The molecule has 184 valence electrons. The minimum absolute atomic E-state index is 0.687. The topological polar surface area (TPSA) is 58.3 Å². The Labute approximate surface area is 218 Å². The van der Waals surface area contributed by atoms with E-state index in [1.54, 1.807) is 0 Å². The molecule has 0 amide bonds. The smallest absolute Gasteiger partial charge is 0.162 e. The Hall–Kier alpha value is -4.06. The van der Waals surface area contributed by atoms with E-state index in [4.69, 9.17) is 15.7 Å². The molecule has 0 aliphatic carbocycles. The molecule has 0 bridgehead atoms. The number of hydrogen-bond acceptors (Lipinski definition) is 5. The zero-order valence-electron chi connectivity index (χ0n) is 20.9. The summed E-state index contributed by atoms with van der Waals surface area (Å²) in [5.74, 6) is 1.75. The van der Waals surface area contributed by atoms with Crippen LogP contribution in [0, 0.1) is 0 Å². The molecule has 1 aliphatic heterocycles. The minimum Gasteiger partial charge on any atom is -0.353 e. The second kappa shape index (κ2) is 10.5. The molecule has 1 aromatic heterocycles. The molecule has 0 unspecified atom stereocenters. The highest BCUT2D eigenvalue weighted by Crippen LogP contribution is 2.41. The van der Waals surface area contributed by atoms with E-state index in [0.717, 1.165) is 72.3 Å². The van der Waals surface area contributed by atoms with Crippen molar-refractivity contribution >= 4 is 16.6 Å². The van der Waals surface area contributed by atoms with Crippen LogP contribution < -0.4 is 10.6 Å². The normalized spacial score (nSPS) is 14.2. The van der Waals surface area contributed by atoms with Crippen LogP contribution in [-0.4, -0.2) is 54.1 Å². The monoisotopic (exact) mass is 485 g/mol. The lowest BCUT2D eigenvalue weighted by atomic mass is 9.95. The Balaban J connectivity index is 1.61. The SMILES string of the molecule is NCCN1CCN(c2nc(-c3ccccc3)nc(-c3cccc4ccccc34)c2-c2ccccc2)CC1. The van der Waals surface area contributed by atoms with E-state index < -0.39 is 0 Å². The van der Waals surface area contributed by atoms with Crippen LogP contribution in [0.4, 0.5) is 5.82 Å². The quantitative estimate of drug-likeness (QED) is 0.334. The molecular formula is C32H31N5. The molecule has 2 N–H and O–H groups in total. The lowest BCUT2D eigenvalue weighted by molar-refractivity contribution is 0.264. The lowest BCUT2D eigenvalue weighted by Gasteiger charge is -2.36. The zero-order valence-corrected chi connectivity index (χ0v) is 20.9. The van der Waals surface area contributed by atoms with E-state index in [-0.39, 0.29) is 0 Å². The number of nitrogens with two attached hydrogens (primary N) is 1. The third-order valence-electron chi connectivity index (χ3n) is 7.15. The number of piperazine rings is 1. The Morgan fingerprint density at radius 2 is 1.30 bits per heavy atom. The van der Waals surface area contributed by atoms with E-state index in [1.807, 2.05) is 18.2 Å². The van der Waals surface area contributed by atoms with Crippen LogP contribution in [0.1, 0.15) is 0 Å². The van der Waals surface area contributed by atoms with Crippen LogP contribution in [-0.2, 0) is 0 Å². The molecular weight excluding hydrogens is 454 g/mol. The van der Waals surface area contributed by atoms with Gasteiger partial charge >= 0.3 is 0 Å². The maximum atomic E-state index is 5.84. The van der Waals surface area contributed by atoms with Gasteiger partial charge in [0.1, 0.15) is 5.82 Å². The Kier molecular flexibility index (Phi) is 6.63. The molecule has 1 aliphatic rings. The second-order valence-corrected chi connectivity index (χ2v) is 9.47. The van der Waals surface area contributed by atoms with Crippen molar-refractivity contribution in [1.29, 1.82) is 0 Å². The Morgan fingerprint density at radius 3 is 2.03 bits per heavy atom. The maximum absolute atomic E-state index is 5.84. The molecule has 4 aromatic carbocycles. The standard InChI is InChI=1S/C32H31N5/c33-18-19-36-20-22-37(23-21-36)32-29(25-11-3-1-4-12-25)30(34-31(35-32)26-13-5-2-6-14-26)28-17-9-15-24-10-7-8-16-27(24)28/h1-17H,18-23,33H2. The summed E-state index contributed by atoms with van der Waals surface area (Å²) in [5.41, 5.74) is 11.2. The summed E-state index contributed by atoms with van der Waals surface area (Å²) in [7, 11) is 0. The van der Waals surface area contributed by atoms with E-state index >= 15 is 0 Å². The highest BCUT2D eigenvalue weighted by molar-refractivity contribution is 6.01. The maximum Gasteiger partial charge on any atom is 0.162 e. The van der Waals surface area contributed by atoms with Gasteiger partial charge in [-0.2, -0.15) is 0 Å². The van der Waals surface area contributed by atoms with Gasteiger partial charge in [0, 0.05) is 50.4 Å². The van der Waals surface area contributed by atoms with Crippen LogP contribution in [0.15, 0.2) is 103 Å². The molecule has 37 heavy (non-hydrogen) atoms. The van der Waals surface area contributed by atoms with Crippen LogP contribution in [0.5, 0.6) is 0 Å². The average molecular weight is 486 g/mol. The van der Waals surface area contributed by atoms with Crippen molar-refractivity contribution in [2.75, 3.05) is 44.2 Å². The predicted octanol–water partition coefficient (Wildman–Crippen LogP) is 5.71. The molecule has 5 aromatic rings. The summed E-state index contributed by atoms with van der Waals surface area (Å²) in [6.07, 6.45) is 0. The largest absolute Gasteiger partial charge is 0.353 e. The summed E-state index contributed by atoms with van der Waals surface area (Å²) in [6.45, 7) is 5.37. The van der Waals surface area contributed by atoms with Gasteiger partial charge in [-0.15, -0.1) is 0 Å². The summed E-state index contributed by atoms with van der Waals surface area (Å²) >= 11 is 0. The highest BCUT2D eigenvalue weighted by Gasteiger charge is 2.26. The first-order valence-corrected chi connectivity index (χ1v) is 13.0. The van der Waals surface area contributed by atoms with Crippen LogP contribution in [0.2, 0.25) is 0 Å². The van der Waals surface area contributed by atoms with E-state index in [2.05, 4.69) is 94.7 Å². The molecule has 6 rings (SSSR count). The van der Waals surface area contributed by atoms with Gasteiger partial charge in [0.25, 0.3) is 0 Å². The molecule has 2 heterocycles. The first kappa shape index (κ1) is 23.3. The van der Waals surface area contributed by atoms with E-state index in [9.17, 15) is 0 Å². The summed E-state index contributed by atoms with van der Waals surface area (Å²) in [4.78, 5) is 15.4. The molecule has 1 fully saturated rings. The molecule has 1 saturated heterocycles. The molecule has 5 heteroatoms. The number of aromatic nitrogens is 2. The van der Waals surface area contributed by atoms with Crippen molar-refractivity contribution in [3.05, 3.63) is 103 Å². The van der Waals surface area contributed by atoms with Crippen molar-refractivity contribution in [2.24, 2.45) is 5.73 Å². The number of anilines is 1. The van der Waals surface area contributed by atoms with Gasteiger partial charge in [-0.25, -0.2) is 9.97 Å². The molecule has 0 saturated carbocycles. The van der Waals surface area contributed by atoms with Crippen LogP contribution in [0.3, 0.4) is 0 Å². The van der Waals surface area contributed by atoms with E-state index in [0.29, 0.717) is 6.54 Å². The zero-order chi connectivity index (χ0) is 25.0. The van der Waals surface area contributed by atoms with Gasteiger partial charge < -0.3 is 10.6 Å². The van der Waals surface area contributed by atoms with Gasteiger partial charge in [0.2, 0.25) is 0 Å². The summed E-state index contributed by atoms with van der Waals surface area (Å²) < 4.78 is 0. The summed E-state index contributed by atoms with van der Waals surface area (Å²) in [5, 5.41) is 2.40. The fourth-order valence-electron chi connectivity index (χ4n) is 5.26. The first-order valence-electron chi connectivity index (χ1n) is 13.0. The average Bonchev–Trinajstić information content (AvgIpc) is 2.98. The van der Waals surface area contributed by atoms with Crippen molar-refractivity contribution in [1.82, 2.24) is 14.9 Å². The third-order valence-corrected chi connectivity index (χ3v) is 7.15. The molecule has 5 nitrogen and oxygen atoms in total. The number of hydrogen-bond donors (Lipinski definition) is 1. The highest BCUT2D eigenvalue weighted by atomic mass is 15.3. The van der Waals surface area contributed by atoms with Crippen molar-refractivity contribution < 1.29 is 0 Å². The lowest BCUT2D eigenvalue weighted by Crippen LogP contribution is -2.48. The molecule has 0 atom stereocenters. The summed E-state index contributed by atoms with van der Waals surface area (Å²) in [6, 6.07) is 35.9. The van der Waals surface area contributed by atoms with E-state index in [1.165, 1.54) is 10.8 Å². The number of nitrogens with zero attached hydrogens (tertiary/aromatic N) is 4. The molecule has 0 radical (unpaired) electrons. The fraction of sp³-hybridized carbons (Fsp3) is 0.188. The second-order valence-electron chi connectivity index (χ2n) is 9.47.